The number of aryl methyl sites for hydroxylation is 1. The van der Waals surface area contributed by atoms with Crippen LogP contribution >= 0.6 is 0 Å². The lowest BCUT2D eigenvalue weighted by atomic mass is 9.95. The molecule has 0 bridgehead atoms. The monoisotopic (exact) mass is 470 g/mol. The maximum absolute atomic E-state index is 13.3. The van der Waals surface area contributed by atoms with Gasteiger partial charge in [-0.2, -0.15) is 5.26 Å². The smallest absolute Gasteiger partial charge is 0.300 e. The number of furan rings is 1. The summed E-state index contributed by atoms with van der Waals surface area (Å²) in [5, 5.41) is 20.5. The molecule has 1 fully saturated rings. The van der Waals surface area contributed by atoms with Gasteiger partial charge in [0.15, 0.2) is 0 Å². The van der Waals surface area contributed by atoms with E-state index in [1.807, 2.05) is 26.8 Å². The summed E-state index contributed by atoms with van der Waals surface area (Å²) in [7, 11) is 0. The van der Waals surface area contributed by atoms with Gasteiger partial charge in [0.25, 0.3) is 11.7 Å². The minimum Gasteiger partial charge on any atom is -0.507 e. The summed E-state index contributed by atoms with van der Waals surface area (Å²) in [5.41, 5.74) is 2.06. The molecule has 1 aliphatic rings. The summed E-state index contributed by atoms with van der Waals surface area (Å²) >= 11 is 0. The number of ether oxygens (including phenoxy) is 1. The molecule has 35 heavy (non-hydrogen) atoms. The molecular formula is C28H26N2O5. The Kier molecular flexibility index (Phi) is 6.48. The van der Waals surface area contributed by atoms with Crippen molar-refractivity contribution < 1.29 is 23.8 Å². The van der Waals surface area contributed by atoms with Crippen molar-refractivity contribution in [3.63, 3.8) is 0 Å². The molecule has 0 spiro atoms. The van der Waals surface area contributed by atoms with Crippen LogP contribution in [0.3, 0.4) is 0 Å². The third-order valence-electron chi connectivity index (χ3n) is 5.95. The molecule has 1 aliphatic heterocycles. The molecule has 3 aromatic rings. The number of hydrogen-bond donors (Lipinski definition) is 1. The number of carbonyl (C=O) groups excluding carboxylic acids is 2. The quantitative estimate of drug-likeness (QED) is 0.285. The van der Waals surface area contributed by atoms with Crippen LogP contribution in [0.25, 0.3) is 5.76 Å². The van der Waals surface area contributed by atoms with E-state index in [2.05, 4.69) is 0 Å². The maximum atomic E-state index is 13.3. The minimum absolute atomic E-state index is 0.0624. The zero-order valence-corrected chi connectivity index (χ0v) is 20.0. The van der Waals surface area contributed by atoms with Crippen LogP contribution in [-0.4, -0.2) is 23.4 Å². The van der Waals surface area contributed by atoms with Crippen LogP contribution in [0.15, 0.2) is 64.6 Å². The van der Waals surface area contributed by atoms with Crippen molar-refractivity contribution in [2.75, 3.05) is 11.5 Å². The lowest BCUT2D eigenvalue weighted by molar-refractivity contribution is -0.132. The largest absolute Gasteiger partial charge is 0.507 e. The third kappa shape index (κ3) is 4.31. The summed E-state index contributed by atoms with van der Waals surface area (Å²) in [6.07, 6.45) is 0. The molecule has 1 saturated heterocycles. The molecule has 1 N–H and O–H groups in total. The fourth-order valence-corrected chi connectivity index (χ4v) is 4.25. The number of anilines is 1. The van der Waals surface area contributed by atoms with Gasteiger partial charge in [-0.3, -0.25) is 14.5 Å². The van der Waals surface area contributed by atoms with Crippen LogP contribution in [-0.2, 0) is 9.59 Å². The van der Waals surface area contributed by atoms with Gasteiger partial charge in [-0.15, -0.1) is 0 Å². The lowest BCUT2D eigenvalue weighted by Gasteiger charge is -2.23. The van der Waals surface area contributed by atoms with E-state index in [-0.39, 0.29) is 17.3 Å². The van der Waals surface area contributed by atoms with Gasteiger partial charge in [0.2, 0.25) is 0 Å². The Labute approximate surface area is 203 Å². The Balaban J connectivity index is 1.90. The predicted octanol–water partition coefficient (Wildman–Crippen LogP) is 5.61. The second-order valence-electron chi connectivity index (χ2n) is 8.62. The van der Waals surface area contributed by atoms with E-state index in [9.17, 15) is 14.7 Å². The molecule has 7 heteroatoms. The highest BCUT2D eigenvalue weighted by atomic mass is 16.5. The van der Waals surface area contributed by atoms with Gasteiger partial charge in [0, 0.05) is 11.3 Å². The Hall–Kier alpha value is -4.31. The molecular weight excluding hydrogens is 444 g/mol. The first-order valence-corrected chi connectivity index (χ1v) is 11.4. The molecule has 7 nitrogen and oxygen atoms in total. The molecule has 1 aromatic heterocycles. The van der Waals surface area contributed by atoms with Gasteiger partial charge in [0.1, 0.15) is 29.1 Å². The van der Waals surface area contributed by atoms with E-state index in [4.69, 9.17) is 14.4 Å². The van der Waals surface area contributed by atoms with E-state index in [1.54, 1.807) is 61.5 Å². The van der Waals surface area contributed by atoms with Gasteiger partial charge in [0.05, 0.1) is 23.8 Å². The van der Waals surface area contributed by atoms with E-state index in [0.717, 1.165) is 5.56 Å². The molecule has 1 amide bonds. The highest BCUT2D eigenvalue weighted by molar-refractivity contribution is 6.51. The summed E-state index contributed by atoms with van der Waals surface area (Å²) < 4.78 is 11.5. The number of nitriles is 1. The molecule has 1 atom stereocenters. The van der Waals surface area contributed by atoms with Gasteiger partial charge < -0.3 is 14.3 Å². The van der Waals surface area contributed by atoms with Crippen molar-refractivity contribution in [2.24, 2.45) is 0 Å². The van der Waals surface area contributed by atoms with Crippen LogP contribution in [0.5, 0.6) is 5.75 Å². The first kappa shape index (κ1) is 23.8. The van der Waals surface area contributed by atoms with Gasteiger partial charge >= 0.3 is 0 Å². The molecule has 0 saturated carbocycles. The highest BCUT2D eigenvalue weighted by Crippen LogP contribution is 2.43. The molecule has 178 valence electrons. The number of Topliss-reactive ketones (excluding diaryl/α,β-unsaturated/α-hetero) is 1. The number of amides is 1. The molecule has 2 aromatic carbocycles. The molecule has 0 aliphatic carbocycles. The normalized spacial score (nSPS) is 17.1. The van der Waals surface area contributed by atoms with Crippen LogP contribution in [0, 0.1) is 18.3 Å². The average molecular weight is 471 g/mol. The number of hydrogen-bond acceptors (Lipinski definition) is 6. The Morgan fingerprint density at radius 3 is 2.43 bits per heavy atom. The number of benzene rings is 2. The first-order valence-electron chi connectivity index (χ1n) is 11.4. The van der Waals surface area contributed by atoms with Crippen molar-refractivity contribution in [3.8, 4) is 11.8 Å². The van der Waals surface area contributed by atoms with Crippen molar-refractivity contribution in [2.45, 2.75) is 39.7 Å². The number of carbonyl (C=O) groups is 2. The topological polar surface area (TPSA) is 104 Å². The van der Waals surface area contributed by atoms with Crippen molar-refractivity contribution in [3.05, 3.63) is 88.4 Å². The van der Waals surface area contributed by atoms with Crippen LogP contribution in [0.2, 0.25) is 0 Å². The lowest BCUT2D eigenvalue weighted by Crippen LogP contribution is -2.29. The highest BCUT2D eigenvalue weighted by Gasteiger charge is 2.48. The zero-order valence-electron chi connectivity index (χ0n) is 20.0. The average Bonchev–Trinajstić information content (AvgIpc) is 3.39. The number of aliphatic hydroxyl groups is 1. The Bertz CT molecular complexity index is 1360. The second kappa shape index (κ2) is 9.51. The van der Waals surface area contributed by atoms with Crippen LogP contribution in [0.4, 0.5) is 5.69 Å². The number of nitrogens with zero attached hydrogens (tertiary/aromatic N) is 2. The fraction of sp³-hybridized carbons (Fsp3) is 0.250. The minimum atomic E-state index is -0.967. The van der Waals surface area contributed by atoms with Gasteiger partial charge in [-0.25, -0.2) is 0 Å². The number of ketones is 1. The SMILES string of the molecule is CCOc1ccc(/C(O)=C2/C(=O)C(=O)N(c3ccc(C#N)cc3)C2c2ccc(C)o2)cc1C(C)C. The molecule has 0 radical (unpaired) electrons. The predicted molar refractivity (Wildman–Crippen MR) is 131 cm³/mol. The van der Waals surface area contributed by atoms with Crippen LogP contribution < -0.4 is 9.64 Å². The fourth-order valence-electron chi connectivity index (χ4n) is 4.25. The molecule has 1 unspecified atom stereocenters. The number of rotatable bonds is 6. The zero-order chi connectivity index (χ0) is 25.3. The van der Waals surface area contributed by atoms with E-state index in [1.165, 1.54) is 4.90 Å². The van der Waals surface area contributed by atoms with Gasteiger partial charge in [-0.1, -0.05) is 13.8 Å². The Morgan fingerprint density at radius 1 is 1.14 bits per heavy atom. The molecule has 4 rings (SSSR count). The van der Waals surface area contributed by atoms with E-state index < -0.39 is 17.7 Å². The van der Waals surface area contributed by atoms with Crippen molar-refractivity contribution in [1.82, 2.24) is 0 Å². The number of aliphatic hydroxyl groups excluding tert-OH is 1. The standard InChI is InChI=1S/C28H26N2O5/c1-5-34-22-13-9-19(14-21(22)16(2)3)26(31)24-25(23-12-6-17(4)35-23)30(28(33)27(24)32)20-10-7-18(15-29)8-11-20/h6-14,16,25,31H,5H2,1-4H3/b26-24-. The summed E-state index contributed by atoms with van der Waals surface area (Å²) in [6.45, 7) is 8.18. The van der Waals surface area contributed by atoms with Crippen molar-refractivity contribution in [1.29, 1.82) is 5.26 Å². The van der Waals surface area contributed by atoms with Crippen LogP contribution in [0.1, 0.15) is 60.9 Å². The Morgan fingerprint density at radius 2 is 1.86 bits per heavy atom. The van der Waals surface area contributed by atoms with E-state index >= 15 is 0 Å². The maximum Gasteiger partial charge on any atom is 0.300 e. The summed E-state index contributed by atoms with van der Waals surface area (Å²) in [4.78, 5) is 27.8. The van der Waals surface area contributed by atoms with E-state index in [0.29, 0.717) is 40.7 Å². The second-order valence-corrected chi connectivity index (χ2v) is 8.62. The summed E-state index contributed by atoms with van der Waals surface area (Å²) in [6, 6.07) is 16.0. The molecule has 2 heterocycles. The van der Waals surface area contributed by atoms with Gasteiger partial charge in [-0.05, 0) is 79.9 Å². The van der Waals surface area contributed by atoms with Crippen molar-refractivity contribution >= 4 is 23.1 Å². The third-order valence-corrected chi connectivity index (χ3v) is 5.95. The summed E-state index contributed by atoms with van der Waals surface area (Å²) in [5.74, 6) is -0.125. The first-order chi connectivity index (χ1) is 16.8.